The van der Waals surface area contributed by atoms with Crippen molar-refractivity contribution in [2.45, 2.75) is 18.7 Å². The third-order valence-corrected chi connectivity index (χ3v) is 3.37. The molecule has 0 N–H and O–H groups in total. The zero-order valence-corrected chi connectivity index (χ0v) is 11.0. The summed E-state index contributed by atoms with van der Waals surface area (Å²) in [6, 6.07) is 17.4. The van der Waals surface area contributed by atoms with Gasteiger partial charge in [-0.15, -0.1) is 11.6 Å². The van der Waals surface area contributed by atoms with Gasteiger partial charge in [0.05, 0.1) is 0 Å². The maximum atomic E-state index is 12.1. The fourth-order valence-electron chi connectivity index (χ4n) is 1.80. The van der Waals surface area contributed by atoms with Crippen molar-refractivity contribution in [3.8, 4) is 0 Å². The van der Waals surface area contributed by atoms with E-state index in [1.54, 1.807) is 0 Å². The van der Waals surface area contributed by atoms with Crippen LogP contribution >= 0.6 is 11.6 Å². The van der Waals surface area contributed by atoms with Crippen molar-refractivity contribution >= 4 is 17.4 Å². The quantitative estimate of drug-likeness (QED) is 0.755. The van der Waals surface area contributed by atoms with Crippen LogP contribution in [0.2, 0.25) is 0 Å². The van der Waals surface area contributed by atoms with Crippen molar-refractivity contribution in [3.63, 3.8) is 0 Å². The monoisotopic (exact) mass is 258 g/mol. The normalized spacial score (nSPS) is 12.1. The number of benzene rings is 2. The number of hydrogen-bond donors (Lipinski definition) is 0. The lowest BCUT2D eigenvalue weighted by Gasteiger charge is -2.09. The van der Waals surface area contributed by atoms with Crippen LogP contribution in [0.5, 0.6) is 0 Å². The van der Waals surface area contributed by atoms with E-state index in [2.05, 4.69) is 0 Å². The molecule has 0 aliphatic carbocycles. The van der Waals surface area contributed by atoms with Crippen molar-refractivity contribution in [3.05, 3.63) is 71.3 Å². The van der Waals surface area contributed by atoms with Crippen LogP contribution in [0.25, 0.3) is 0 Å². The molecule has 0 radical (unpaired) electrons. The zero-order chi connectivity index (χ0) is 13.0. The van der Waals surface area contributed by atoms with Crippen LogP contribution in [-0.4, -0.2) is 5.78 Å². The van der Waals surface area contributed by atoms with Gasteiger partial charge in [0.2, 0.25) is 0 Å². The predicted octanol–water partition coefficient (Wildman–Crippen LogP) is 4.09. The van der Waals surface area contributed by atoms with Crippen LogP contribution in [0, 0.1) is 6.92 Å². The van der Waals surface area contributed by atoms with Gasteiger partial charge in [0, 0.05) is 6.42 Å². The summed E-state index contributed by atoms with van der Waals surface area (Å²) in [6.45, 7) is 2.03. The van der Waals surface area contributed by atoms with E-state index in [9.17, 15) is 4.79 Å². The molecule has 0 aromatic heterocycles. The third-order valence-electron chi connectivity index (χ3n) is 2.87. The van der Waals surface area contributed by atoms with Crippen molar-refractivity contribution in [1.82, 2.24) is 0 Å². The van der Waals surface area contributed by atoms with Crippen LogP contribution in [0.4, 0.5) is 0 Å². The van der Waals surface area contributed by atoms with Gasteiger partial charge in [-0.2, -0.15) is 0 Å². The molecule has 0 heterocycles. The number of alkyl halides is 1. The van der Waals surface area contributed by atoms with Gasteiger partial charge in [0.1, 0.15) is 5.38 Å². The molecule has 1 unspecified atom stereocenters. The SMILES string of the molecule is Cc1ccc(CC(=O)C(Cl)c2ccccc2)cc1. The molecule has 0 bridgehead atoms. The van der Waals surface area contributed by atoms with Crippen LogP contribution < -0.4 is 0 Å². The Kier molecular flexibility index (Phi) is 4.16. The van der Waals surface area contributed by atoms with E-state index in [4.69, 9.17) is 11.6 Å². The summed E-state index contributed by atoms with van der Waals surface area (Å²) in [7, 11) is 0. The molecule has 0 spiro atoms. The molecule has 2 aromatic carbocycles. The van der Waals surface area contributed by atoms with Gasteiger partial charge in [0.15, 0.2) is 5.78 Å². The van der Waals surface area contributed by atoms with Crippen LogP contribution in [0.15, 0.2) is 54.6 Å². The van der Waals surface area contributed by atoms with Gasteiger partial charge < -0.3 is 0 Å². The summed E-state index contributed by atoms with van der Waals surface area (Å²) in [5, 5.41) is -0.562. The molecule has 2 rings (SSSR count). The summed E-state index contributed by atoms with van der Waals surface area (Å²) >= 11 is 6.19. The first-order valence-electron chi connectivity index (χ1n) is 5.94. The van der Waals surface area contributed by atoms with Gasteiger partial charge in [-0.3, -0.25) is 4.79 Å². The van der Waals surface area contributed by atoms with Gasteiger partial charge in [0.25, 0.3) is 0 Å². The number of rotatable bonds is 4. The van der Waals surface area contributed by atoms with E-state index >= 15 is 0 Å². The molecular weight excluding hydrogens is 244 g/mol. The van der Waals surface area contributed by atoms with E-state index in [0.29, 0.717) is 6.42 Å². The number of halogens is 1. The summed E-state index contributed by atoms with van der Waals surface area (Å²) < 4.78 is 0. The second-order valence-electron chi connectivity index (χ2n) is 4.40. The van der Waals surface area contributed by atoms with E-state index in [0.717, 1.165) is 11.1 Å². The summed E-state index contributed by atoms with van der Waals surface area (Å²) in [5.41, 5.74) is 3.06. The summed E-state index contributed by atoms with van der Waals surface area (Å²) in [4.78, 5) is 12.1. The standard InChI is InChI=1S/C16H15ClO/c1-12-7-9-13(10-8-12)11-15(18)16(17)14-5-3-2-4-6-14/h2-10,16H,11H2,1H3. The summed E-state index contributed by atoms with van der Waals surface area (Å²) in [5.74, 6) is 0.0340. The van der Waals surface area contributed by atoms with Crippen molar-refractivity contribution in [2.75, 3.05) is 0 Å². The van der Waals surface area contributed by atoms with Gasteiger partial charge in [-0.05, 0) is 18.1 Å². The molecule has 0 saturated heterocycles. The van der Waals surface area contributed by atoms with Crippen LogP contribution in [-0.2, 0) is 11.2 Å². The Morgan fingerprint density at radius 2 is 1.67 bits per heavy atom. The highest BCUT2D eigenvalue weighted by Gasteiger charge is 2.17. The van der Waals surface area contributed by atoms with Gasteiger partial charge in [-0.1, -0.05) is 60.2 Å². The Morgan fingerprint density at radius 3 is 2.28 bits per heavy atom. The van der Waals surface area contributed by atoms with Crippen LogP contribution in [0.1, 0.15) is 22.1 Å². The largest absolute Gasteiger partial charge is 0.297 e. The van der Waals surface area contributed by atoms with Crippen LogP contribution in [0.3, 0.4) is 0 Å². The molecule has 18 heavy (non-hydrogen) atoms. The molecule has 2 heteroatoms. The highest BCUT2D eigenvalue weighted by atomic mass is 35.5. The lowest BCUT2D eigenvalue weighted by molar-refractivity contribution is -0.118. The lowest BCUT2D eigenvalue weighted by atomic mass is 10.0. The zero-order valence-electron chi connectivity index (χ0n) is 10.3. The lowest BCUT2D eigenvalue weighted by Crippen LogP contribution is -2.10. The Bertz CT molecular complexity index is 517. The topological polar surface area (TPSA) is 17.1 Å². The first-order valence-corrected chi connectivity index (χ1v) is 6.38. The maximum absolute atomic E-state index is 12.1. The van der Waals surface area contributed by atoms with Crippen molar-refractivity contribution < 1.29 is 4.79 Å². The van der Waals surface area contributed by atoms with E-state index in [-0.39, 0.29) is 5.78 Å². The predicted molar refractivity (Wildman–Crippen MR) is 74.9 cm³/mol. The molecule has 0 aliphatic heterocycles. The second-order valence-corrected chi connectivity index (χ2v) is 4.84. The van der Waals surface area contributed by atoms with Crippen molar-refractivity contribution in [1.29, 1.82) is 0 Å². The highest BCUT2D eigenvalue weighted by Crippen LogP contribution is 2.22. The molecule has 0 fully saturated rings. The number of carbonyl (C=O) groups excluding carboxylic acids is 1. The fraction of sp³-hybridized carbons (Fsp3) is 0.188. The number of hydrogen-bond acceptors (Lipinski definition) is 1. The van der Waals surface area contributed by atoms with E-state index in [1.807, 2.05) is 61.5 Å². The second kappa shape index (κ2) is 5.83. The molecule has 0 amide bonds. The highest BCUT2D eigenvalue weighted by molar-refractivity contribution is 6.31. The molecule has 92 valence electrons. The first kappa shape index (κ1) is 12.8. The Hall–Kier alpha value is -1.60. The first-order chi connectivity index (χ1) is 8.66. The third kappa shape index (κ3) is 3.21. The molecular formula is C16H15ClO. The molecule has 0 aliphatic rings. The van der Waals surface area contributed by atoms with E-state index in [1.165, 1.54) is 5.56 Å². The number of aryl methyl sites for hydroxylation is 1. The maximum Gasteiger partial charge on any atom is 0.159 e. The van der Waals surface area contributed by atoms with Crippen molar-refractivity contribution in [2.24, 2.45) is 0 Å². The van der Waals surface area contributed by atoms with E-state index < -0.39 is 5.38 Å². The Morgan fingerprint density at radius 1 is 1.06 bits per heavy atom. The Balaban J connectivity index is 2.06. The number of Topliss-reactive ketones (excluding diaryl/α,β-unsaturated/α-hetero) is 1. The number of carbonyl (C=O) groups is 1. The molecule has 2 aromatic rings. The minimum Gasteiger partial charge on any atom is -0.297 e. The van der Waals surface area contributed by atoms with Gasteiger partial charge >= 0.3 is 0 Å². The fourth-order valence-corrected chi connectivity index (χ4v) is 2.03. The molecule has 0 saturated carbocycles. The van der Waals surface area contributed by atoms with Gasteiger partial charge in [-0.25, -0.2) is 0 Å². The number of ketones is 1. The average Bonchev–Trinajstić information content (AvgIpc) is 2.41. The Labute approximate surface area is 112 Å². The minimum absolute atomic E-state index is 0.0340. The smallest absolute Gasteiger partial charge is 0.159 e. The minimum atomic E-state index is -0.562. The average molecular weight is 259 g/mol. The molecule has 1 nitrogen and oxygen atoms in total. The molecule has 1 atom stereocenters. The summed E-state index contributed by atoms with van der Waals surface area (Å²) in [6.07, 6.45) is 0.378.